The molecular weight excluding hydrogens is 224 g/mol. The first-order valence-corrected chi connectivity index (χ1v) is 6.56. The summed E-state index contributed by atoms with van der Waals surface area (Å²) in [6, 6.07) is 4.30. The molecule has 18 heavy (non-hydrogen) atoms. The highest BCUT2D eigenvalue weighted by molar-refractivity contribution is 5.71. The summed E-state index contributed by atoms with van der Waals surface area (Å²) in [5.41, 5.74) is 1.78. The number of aromatic nitrogens is 3. The molecule has 0 aliphatic carbocycles. The van der Waals surface area contributed by atoms with Crippen LogP contribution in [0.4, 0.5) is 0 Å². The molecule has 0 atom stereocenters. The van der Waals surface area contributed by atoms with Crippen molar-refractivity contribution >= 4 is 11.2 Å². The molecule has 0 radical (unpaired) electrons. The Morgan fingerprint density at radius 2 is 2.11 bits per heavy atom. The van der Waals surface area contributed by atoms with E-state index in [1.807, 2.05) is 18.3 Å². The average Bonchev–Trinajstić information content (AvgIpc) is 2.68. The summed E-state index contributed by atoms with van der Waals surface area (Å²) in [6.07, 6.45) is 1.83. The van der Waals surface area contributed by atoms with Crippen LogP contribution in [-0.2, 0) is 5.54 Å². The first kappa shape index (κ1) is 13.0. The van der Waals surface area contributed by atoms with Gasteiger partial charge in [0.1, 0.15) is 11.3 Å². The molecule has 2 rings (SSSR count). The van der Waals surface area contributed by atoms with Gasteiger partial charge in [0.25, 0.3) is 0 Å². The highest BCUT2D eigenvalue weighted by atomic mass is 15.2. The predicted molar refractivity (Wildman–Crippen MR) is 74.6 cm³/mol. The second-order valence-electron chi connectivity index (χ2n) is 5.40. The van der Waals surface area contributed by atoms with Gasteiger partial charge in [-0.15, -0.1) is 0 Å². The largest absolute Gasteiger partial charge is 0.309 e. The first-order chi connectivity index (χ1) is 8.47. The summed E-state index contributed by atoms with van der Waals surface area (Å²) < 4.78 is 2.22. The monoisotopic (exact) mass is 246 g/mol. The Kier molecular flexibility index (Phi) is 3.39. The summed E-state index contributed by atoms with van der Waals surface area (Å²) in [6.45, 7) is 11.7. The Bertz CT molecular complexity index is 540. The molecule has 0 fully saturated rings. The van der Waals surface area contributed by atoms with Crippen molar-refractivity contribution in [3.63, 3.8) is 0 Å². The quantitative estimate of drug-likeness (QED) is 0.902. The van der Waals surface area contributed by atoms with Crippen LogP contribution in [0.3, 0.4) is 0 Å². The Balaban J connectivity index is 2.66. The third kappa shape index (κ3) is 2.12. The molecule has 0 amide bonds. The summed E-state index contributed by atoms with van der Waals surface area (Å²) in [5, 5.41) is 3.48. The van der Waals surface area contributed by atoms with Crippen LogP contribution in [0.25, 0.3) is 11.2 Å². The van der Waals surface area contributed by atoms with Crippen LogP contribution in [0.5, 0.6) is 0 Å². The van der Waals surface area contributed by atoms with E-state index in [0.717, 1.165) is 23.5 Å². The Morgan fingerprint density at radius 1 is 1.39 bits per heavy atom. The zero-order valence-corrected chi connectivity index (χ0v) is 11.9. The van der Waals surface area contributed by atoms with Crippen LogP contribution >= 0.6 is 0 Å². The minimum Gasteiger partial charge on any atom is -0.309 e. The van der Waals surface area contributed by atoms with Crippen LogP contribution in [-0.4, -0.2) is 21.1 Å². The van der Waals surface area contributed by atoms with Crippen LogP contribution in [0, 0.1) is 0 Å². The summed E-state index contributed by atoms with van der Waals surface area (Å²) >= 11 is 0. The Hall–Kier alpha value is -1.42. The van der Waals surface area contributed by atoms with Crippen molar-refractivity contribution in [3.8, 4) is 0 Å². The highest BCUT2D eigenvalue weighted by Gasteiger charge is 2.27. The molecule has 0 unspecified atom stereocenters. The molecule has 2 aromatic rings. The summed E-state index contributed by atoms with van der Waals surface area (Å²) in [4.78, 5) is 9.23. The molecule has 0 saturated carbocycles. The number of imidazole rings is 1. The zero-order chi connectivity index (χ0) is 13.3. The lowest BCUT2D eigenvalue weighted by atomic mass is 10.0. The second kappa shape index (κ2) is 4.69. The smallest absolute Gasteiger partial charge is 0.160 e. The van der Waals surface area contributed by atoms with Crippen LogP contribution < -0.4 is 5.32 Å². The SMILES string of the molecule is CCNC(C)(C)c1nc2cccnc2n1C(C)C. The van der Waals surface area contributed by atoms with E-state index in [1.54, 1.807) is 0 Å². The molecule has 0 bridgehead atoms. The molecule has 0 aliphatic heterocycles. The molecule has 98 valence electrons. The van der Waals surface area contributed by atoms with E-state index < -0.39 is 0 Å². The minimum atomic E-state index is -0.153. The lowest BCUT2D eigenvalue weighted by Crippen LogP contribution is -2.39. The van der Waals surface area contributed by atoms with Crippen molar-refractivity contribution in [1.29, 1.82) is 0 Å². The number of hydrogen-bond acceptors (Lipinski definition) is 3. The third-order valence-corrected chi connectivity index (χ3v) is 3.14. The van der Waals surface area contributed by atoms with Gasteiger partial charge >= 0.3 is 0 Å². The van der Waals surface area contributed by atoms with Crippen LogP contribution in [0.1, 0.15) is 46.5 Å². The number of hydrogen-bond donors (Lipinski definition) is 1. The summed E-state index contributed by atoms with van der Waals surface area (Å²) in [7, 11) is 0. The van der Waals surface area contributed by atoms with Gasteiger partial charge in [-0.2, -0.15) is 0 Å². The van der Waals surface area contributed by atoms with E-state index >= 15 is 0 Å². The van der Waals surface area contributed by atoms with Gasteiger partial charge in [0.05, 0.1) is 5.54 Å². The lowest BCUT2D eigenvalue weighted by molar-refractivity contribution is 0.366. The predicted octanol–water partition coefficient (Wildman–Crippen LogP) is 2.86. The molecule has 2 aromatic heterocycles. The average molecular weight is 246 g/mol. The molecule has 2 heterocycles. The van der Waals surface area contributed by atoms with Gasteiger partial charge < -0.3 is 9.88 Å². The minimum absolute atomic E-state index is 0.153. The fourth-order valence-electron chi connectivity index (χ4n) is 2.38. The van der Waals surface area contributed by atoms with Gasteiger partial charge in [-0.3, -0.25) is 0 Å². The van der Waals surface area contributed by atoms with E-state index in [4.69, 9.17) is 4.98 Å². The van der Waals surface area contributed by atoms with Crippen molar-refractivity contribution in [1.82, 2.24) is 19.9 Å². The van der Waals surface area contributed by atoms with E-state index in [-0.39, 0.29) is 5.54 Å². The molecule has 4 heteroatoms. The number of pyridine rings is 1. The van der Waals surface area contributed by atoms with Crippen molar-refractivity contribution in [2.24, 2.45) is 0 Å². The number of rotatable bonds is 4. The maximum absolute atomic E-state index is 4.76. The molecule has 4 nitrogen and oxygen atoms in total. The maximum atomic E-state index is 4.76. The summed E-state index contributed by atoms with van der Waals surface area (Å²) in [5.74, 6) is 1.05. The van der Waals surface area contributed by atoms with Crippen molar-refractivity contribution in [3.05, 3.63) is 24.2 Å². The van der Waals surface area contributed by atoms with Crippen LogP contribution in [0.15, 0.2) is 18.3 Å². The van der Waals surface area contributed by atoms with Gasteiger partial charge in [0.15, 0.2) is 5.65 Å². The number of nitrogens with one attached hydrogen (secondary N) is 1. The Labute approximate surface area is 108 Å². The standard InChI is InChI=1S/C14H22N4/c1-6-16-14(4,5)13-17-11-8-7-9-15-12(11)18(13)10(2)3/h7-10,16H,6H2,1-5H3. The van der Waals surface area contributed by atoms with Crippen LogP contribution in [0.2, 0.25) is 0 Å². The topological polar surface area (TPSA) is 42.7 Å². The number of fused-ring (bicyclic) bond motifs is 1. The second-order valence-corrected chi connectivity index (χ2v) is 5.40. The molecule has 0 aliphatic rings. The molecule has 0 saturated heterocycles. The van der Waals surface area contributed by atoms with E-state index in [2.05, 4.69) is 49.5 Å². The van der Waals surface area contributed by atoms with Gasteiger partial charge in [0, 0.05) is 12.2 Å². The molecule has 0 spiro atoms. The van der Waals surface area contributed by atoms with Gasteiger partial charge in [0.2, 0.25) is 0 Å². The van der Waals surface area contributed by atoms with Gasteiger partial charge in [-0.1, -0.05) is 6.92 Å². The Morgan fingerprint density at radius 3 is 2.72 bits per heavy atom. The first-order valence-electron chi connectivity index (χ1n) is 6.56. The molecule has 0 aromatic carbocycles. The third-order valence-electron chi connectivity index (χ3n) is 3.14. The van der Waals surface area contributed by atoms with Crippen molar-refractivity contribution in [2.75, 3.05) is 6.54 Å². The van der Waals surface area contributed by atoms with E-state index in [0.29, 0.717) is 6.04 Å². The van der Waals surface area contributed by atoms with Crippen molar-refractivity contribution in [2.45, 2.75) is 46.2 Å². The highest BCUT2D eigenvalue weighted by Crippen LogP contribution is 2.26. The van der Waals surface area contributed by atoms with Crippen molar-refractivity contribution < 1.29 is 0 Å². The van der Waals surface area contributed by atoms with Gasteiger partial charge in [-0.25, -0.2) is 9.97 Å². The van der Waals surface area contributed by atoms with E-state index in [9.17, 15) is 0 Å². The van der Waals surface area contributed by atoms with E-state index in [1.165, 1.54) is 0 Å². The normalized spacial score (nSPS) is 12.6. The fourth-order valence-corrected chi connectivity index (χ4v) is 2.38. The molecular formula is C14H22N4. The lowest BCUT2D eigenvalue weighted by Gasteiger charge is -2.27. The number of nitrogens with zero attached hydrogens (tertiary/aromatic N) is 3. The maximum Gasteiger partial charge on any atom is 0.160 e. The zero-order valence-electron chi connectivity index (χ0n) is 11.9. The fraction of sp³-hybridized carbons (Fsp3) is 0.571. The van der Waals surface area contributed by atoms with Gasteiger partial charge in [-0.05, 0) is 46.4 Å². The molecule has 1 N–H and O–H groups in total.